The number of phenolic OH excluding ortho intramolecular Hbond substituents is 1. The molecule has 0 spiro atoms. The van der Waals surface area contributed by atoms with E-state index in [1.54, 1.807) is 24.3 Å². The molecule has 0 amide bonds. The summed E-state index contributed by atoms with van der Waals surface area (Å²) in [4.78, 5) is 30.6. The minimum absolute atomic E-state index is 0.0583. The minimum atomic E-state index is -0.905. The number of carbonyl (C=O) groups is 2. The first-order chi connectivity index (χ1) is 19.6. The van der Waals surface area contributed by atoms with Crippen LogP contribution in [-0.4, -0.2) is 41.3 Å². The van der Waals surface area contributed by atoms with Crippen LogP contribution in [0.25, 0.3) is 21.8 Å². The quantitative estimate of drug-likeness (QED) is 0.227. The fourth-order valence-corrected chi connectivity index (χ4v) is 6.15. The molecule has 3 atom stereocenters. The van der Waals surface area contributed by atoms with E-state index < -0.39 is 29.6 Å². The highest BCUT2D eigenvalue weighted by atomic mass is 16.6. The molecule has 1 aliphatic carbocycles. The van der Waals surface area contributed by atoms with E-state index in [1.807, 2.05) is 57.2 Å². The van der Waals surface area contributed by atoms with Crippen molar-refractivity contribution >= 4 is 33.7 Å². The molecule has 8 heteroatoms. The van der Waals surface area contributed by atoms with E-state index >= 15 is 0 Å². The third kappa shape index (κ3) is 4.34. The first-order valence-corrected chi connectivity index (χ1v) is 13.6. The Labute approximate surface area is 237 Å². The number of hydrogen-bond acceptors (Lipinski definition) is 8. The number of methoxy groups -OCH3 is 1. The van der Waals surface area contributed by atoms with Crippen LogP contribution in [0, 0.1) is 5.41 Å². The molecule has 0 radical (unpaired) electrons. The van der Waals surface area contributed by atoms with Crippen molar-refractivity contribution in [3.8, 4) is 17.2 Å². The number of phenols is 1. The highest BCUT2D eigenvalue weighted by Crippen LogP contribution is 2.57. The summed E-state index contributed by atoms with van der Waals surface area (Å²) in [5, 5.41) is 12.7. The van der Waals surface area contributed by atoms with Crippen LogP contribution in [0.5, 0.6) is 17.2 Å². The molecule has 210 valence electrons. The third-order valence-electron chi connectivity index (χ3n) is 8.06. The second-order valence-electron chi connectivity index (χ2n) is 11.3. The average Bonchev–Trinajstić information content (AvgIpc) is 2.94. The molecule has 2 aliphatic rings. The molecule has 3 aromatic carbocycles. The summed E-state index contributed by atoms with van der Waals surface area (Å²) in [6.45, 7) is 7.21. The number of hydrogen-bond donors (Lipinski definition) is 1. The van der Waals surface area contributed by atoms with Gasteiger partial charge in [0.25, 0.3) is 0 Å². The molecule has 6 rings (SSSR count). The fraction of sp³-hybridized carbons (Fsp3) is 0.303. The number of allylic oxidation sites excluding steroid dienone is 1. The fourth-order valence-electron chi connectivity index (χ4n) is 6.15. The standard InChI is InChI=1S/C33H31NO7/c1-17-24-23(16-33(3,4)31(29(24)39-18(2)35)41-32(37)19-11-7-6-8-12-19)40-28-25(17)26-21(27(36)30(28)38-5)15-20-13-9-10-14-22(20)34-26/h6-15,17,29,31,36H,16H2,1-5H3. The molecule has 3 unspecified atom stereocenters. The number of aromatic nitrogens is 1. The zero-order valence-electron chi connectivity index (χ0n) is 23.6. The van der Waals surface area contributed by atoms with Crippen molar-refractivity contribution in [3.63, 3.8) is 0 Å². The molecule has 0 saturated carbocycles. The molecule has 0 fully saturated rings. The summed E-state index contributed by atoms with van der Waals surface area (Å²) < 4.78 is 24.3. The number of carbonyl (C=O) groups excluding carboxylic acids is 2. The molecule has 1 aliphatic heterocycles. The molecule has 41 heavy (non-hydrogen) atoms. The number of para-hydroxylation sites is 1. The second kappa shape index (κ2) is 9.80. The van der Waals surface area contributed by atoms with Gasteiger partial charge in [-0.05, 0) is 24.3 Å². The lowest BCUT2D eigenvalue weighted by Crippen LogP contribution is -2.51. The van der Waals surface area contributed by atoms with E-state index in [4.69, 9.17) is 23.9 Å². The summed E-state index contributed by atoms with van der Waals surface area (Å²) >= 11 is 0. The van der Waals surface area contributed by atoms with Crippen LogP contribution in [0.15, 0.2) is 72.0 Å². The van der Waals surface area contributed by atoms with Crippen LogP contribution in [0.2, 0.25) is 0 Å². The number of pyridine rings is 1. The van der Waals surface area contributed by atoms with Crippen LogP contribution in [0.3, 0.4) is 0 Å². The van der Waals surface area contributed by atoms with Gasteiger partial charge >= 0.3 is 11.9 Å². The average molecular weight is 554 g/mol. The monoisotopic (exact) mass is 553 g/mol. The number of aromatic hydroxyl groups is 1. The van der Waals surface area contributed by atoms with Crippen LogP contribution >= 0.6 is 0 Å². The summed E-state index contributed by atoms with van der Waals surface area (Å²) in [6.07, 6.45) is -1.30. The first-order valence-electron chi connectivity index (χ1n) is 13.6. The van der Waals surface area contributed by atoms with Crippen molar-refractivity contribution in [1.29, 1.82) is 0 Å². The maximum atomic E-state index is 13.2. The predicted octanol–water partition coefficient (Wildman–Crippen LogP) is 6.44. The van der Waals surface area contributed by atoms with Crippen LogP contribution < -0.4 is 9.47 Å². The maximum absolute atomic E-state index is 13.2. The van der Waals surface area contributed by atoms with Gasteiger partial charge in [-0.25, -0.2) is 9.78 Å². The lowest BCUT2D eigenvalue weighted by atomic mass is 9.68. The second-order valence-corrected chi connectivity index (χ2v) is 11.3. The van der Waals surface area contributed by atoms with Gasteiger partial charge in [0, 0.05) is 46.6 Å². The highest BCUT2D eigenvalue weighted by molar-refractivity contribution is 6.01. The molecule has 1 N–H and O–H groups in total. The van der Waals surface area contributed by atoms with Gasteiger partial charge in [-0.15, -0.1) is 0 Å². The number of benzene rings is 3. The normalized spacial score (nSPS) is 21.0. The van der Waals surface area contributed by atoms with E-state index in [9.17, 15) is 14.7 Å². The van der Waals surface area contributed by atoms with Gasteiger partial charge in [0.15, 0.2) is 17.6 Å². The summed E-state index contributed by atoms with van der Waals surface area (Å²) in [5.74, 6) is -0.262. The Morgan fingerprint density at radius 3 is 2.46 bits per heavy atom. The van der Waals surface area contributed by atoms with Crippen molar-refractivity contribution < 1.29 is 33.6 Å². The molecule has 2 heterocycles. The Morgan fingerprint density at radius 2 is 1.76 bits per heavy atom. The zero-order valence-corrected chi connectivity index (χ0v) is 23.6. The molecule has 0 saturated heterocycles. The molecule has 8 nitrogen and oxygen atoms in total. The van der Waals surface area contributed by atoms with E-state index in [0.29, 0.717) is 45.5 Å². The van der Waals surface area contributed by atoms with Gasteiger partial charge in [0.2, 0.25) is 5.75 Å². The number of fused-ring (bicyclic) bond motifs is 4. The van der Waals surface area contributed by atoms with Crippen molar-refractivity contribution in [2.45, 2.75) is 52.2 Å². The first kappa shape index (κ1) is 26.6. The van der Waals surface area contributed by atoms with Gasteiger partial charge in [0.05, 0.1) is 23.7 Å². The number of nitrogens with zero attached hydrogens (tertiary/aromatic N) is 1. The summed E-state index contributed by atoms with van der Waals surface area (Å²) in [7, 11) is 1.49. The van der Waals surface area contributed by atoms with E-state index in [2.05, 4.69) is 0 Å². The molecule has 1 aromatic heterocycles. The Kier molecular flexibility index (Phi) is 6.36. The lowest BCUT2D eigenvalue weighted by Gasteiger charge is -2.47. The van der Waals surface area contributed by atoms with Crippen molar-refractivity contribution in [1.82, 2.24) is 4.98 Å². The largest absolute Gasteiger partial charge is 0.504 e. The molecule has 0 bridgehead atoms. The Balaban J connectivity index is 1.53. The van der Waals surface area contributed by atoms with Crippen molar-refractivity contribution in [3.05, 3.63) is 83.1 Å². The van der Waals surface area contributed by atoms with E-state index in [0.717, 1.165) is 10.9 Å². The number of esters is 2. The van der Waals surface area contributed by atoms with Gasteiger partial charge in [-0.2, -0.15) is 0 Å². The van der Waals surface area contributed by atoms with Gasteiger partial charge < -0.3 is 24.1 Å². The minimum Gasteiger partial charge on any atom is -0.504 e. The van der Waals surface area contributed by atoms with Gasteiger partial charge in [-0.3, -0.25) is 4.79 Å². The van der Waals surface area contributed by atoms with E-state index in [1.165, 1.54) is 14.0 Å². The van der Waals surface area contributed by atoms with Crippen LogP contribution in [0.4, 0.5) is 0 Å². The molecule has 4 aromatic rings. The molecular formula is C33H31NO7. The Hall–Kier alpha value is -4.59. The zero-order chi connectivity index (χ0) is 29.1. The smallest absolute Gasteiger partial charge is 0.338 e. The van der Waals surface area contributed by atoms with Gasteiger partial charge in [-0.1, -0.05) is 57.2 Å². The highest BCUT2D eigenvalue weighted by Gasteiger charge is 2.52. The Bertz CT molecular complexity index is 1740. The van der Waals surface area contributed by atoms with E-state index in [-0.39, 0.29) is 17.4 Å². The lowest BCUT2D eigenvalue weighted by molar-refractivity contribution is -0.157. The van der Waals surface area contributed by atoms with Crippen molar-refractivity contribution in [2.75, 3.05) is 7.11 Å². The maximum Gasteiger partial charge on any atom is 0.338 e. The SMILES string of the molecule is COc1c2c(c3nc4ccccc4cc3c1O)C(C)C1=C(CC(C)(C)C(OC(=O)c3ccccc3)C1OC(C)=O)O2. The van der Waals surface area contributed by atoms with Crippen LogP contribution in [0.1, 0.15) is 56.0 Å². The predicted molar refractivity (Wildman–Crippen MR) is 153 cm³/mol. The van der Waals surface area contributed by atoms with Gasteiger partial charge in [0.1, 0.15) is 11.9 Å². The number of ether oxygens (including phenoxy) is 4. The summed E-state index contributed by atoms with van der Waals surface area (Å²) in [5.41, 5.74) is 2.45. The third-order valence-corrected chi connectivity index (χ3v) is 8.06. The molecular weight excluding hydrogens is 522 g/mol. The van der Waals surface area contributed by atoms with Crippen molar-refractivity contribution in [2.24, 2.45) is 5.41 Å². The summed E-state index contributed by atoms with van der Waals surface area (Å²) in [6, 6.07) is 18.3. The number of rotatable bonds is 4. The van der Waals surface area contributed by atoms with Crippen LogP contribution in [-0.2, 0) is 14.3 Å². The Morgan fingerprint density at radius 1 is 1.05 bits per heavy atom. The topological polar surface area (TPSA) is 104 Å².